The number of hydrogen-bond donors (Lipinski definition) is 0. The van der Waals surface area contributed by atoms with Gasteiger partial charge in [0.2, 0.25) is 0 Å². The first kappa shape index (κ1) is 12.5. The molecule has 0 saturated carbocycles. The lowest BCUT2D eigenvalue weighted by atomic mass is 10.2. The van der Waals surface area contributed by atoms with E-state index in [1.807, 2.05) is 34.9 Å². The highest BCUT2D eigenvalue weighted by Gasteiger charge is 2.08. The summed E-state index contributed by atoms with van der Waals surface area (Å²) in [6.45, 7) is 0.676. The molecule has 0 unspecified atom stereocenters. The number of ether oxygens (including phenoxy) is 2. The molecule has 0 bridgehead atoms. The summed E-state index contributed by atoms with van der Waals surface area (Å²) in [4.78, 5) is 8.52. The van der Waals surface area contributed by atoms with E-state index in [1.54, 1.807) is 26.7 Å². The third kappa shape index (κ3) is 2.18. The van der Waals surface area contributed by atoms with Crippen LogP contribution in [-0.4, -0.2) is 28.8 Å². The molecule has 0 aliphatic carbocycles. The summed E-state index contributed by atoms with van der Waals surface area (Å²) in [6.07, 6.45) is 3.54. The second-order valence-electron chi connectivity index (χ2n) is 4.40. The molecule has 0 aliphatic heterocycles. The SMILES string of the molecule is COc1ccc(Cn2cnc3ncccc32)c(OC)c1. The van der Waals surface area contributed by atoms with Crippen molar-refractivity contribution >= 4 is 11.2 Å². The number of fused-ring (bicyclic) bond motifs is 1. The van der Waals surface area contributed by atoms with Crippen molar-refractivity contribution in [2.45, 2.75) is 6.54 Å². The summed E-state index contributed by atoms with van der Waals surface area (Å²) in [6, 6.07) is 9.72. The standard InChI is InChI=1S/C15H15N3O2/c1-19-12-6-5-11(14(8-12)20-2)9-18-10-17-15-13(18)4-3-7-16-15/h3-8,10H,9H2,1-2H3. The van der Waals surface area contributed by atoms with Crippen LogP contribution in [0, 0.1) is 0 Å². The van der Waals surface area contributed by atoms with Crippen LogP contribution in [-0.2, 0) is 6.54 Å². The van der Waals surface area contributed by atoms with Crippen LogP contribution in [0.2, 0.25) is 0 Å². The van der Waals surface area contributed by atoms with Crippen molar-refractivity contribution in [3.8, 4) is 11.5 Å². The highest BCUT2D eigenvalue weighted by Crippen LogP contribution is 2.26. The molecule has 3 aromatic rings. The van der Waals surface area contributed by atoms with E-state index >= 15 is 0 Å². The van der Waals surface area contributed by atoms with Gasteiger partial charge in [-0.15, -0.1) is 0 Å². The van der Waals surface area contributed by atoms with E-state index < -0.39 is 0 Å². The van der Waals surface area contributed by atoms with Crippen LogP contribution < -0.4 is 9.47 Å². The van der Waals surface area contributed by atoms with Crippen LogP contribution in [0.5, 0.6) is 11.5 Å². The smallest absolute Gasteiger partial charge is 0.177 e. The predicted molar refractivity (Wildman–Crippen MR) is 76.2 cm³/mol. The summed E-state index contributed by atoms with van der Waals surface area (Å²) in [5.41, 5.74) is 2.82. The minimum absolute atomic E-state index is 0.676. The number of rotatable bonds is 4. The molecule has 5 nitrogen and oxygen atoms in total. The van der Waals surface area contributed by atoms with Gasteiger partial charge in [0.25, 0.3) is 0 Å². The van der Waals surface area contributed by atoms with Gasteiger partial charge < -0.3 is 14.0 Å². The monoisotopic (exact) mass is 269 g/mol. The molecule has 0 saturated heterocycles. The van der Waals surface area contributed by atoms with E-state index in [2.05, 4.69) is 9.97 Å². The van der Waals surface area contributed by atoms with Gasteiger partial charge in [-0.1, -0.05) is 0 Å². The quantitative estimate of drug-likeness (QED) is 0.730. The van der Waals surface area contributed by atoms with E-state index in [0.29, 0.717) is 6.54 Å². The van der Waals surface area contributed by atoms with Gasteiger partial charge in [-0.25, -0.2) is 9.97 Å². The molecule has 2 heterocycles. The Bertz CT molecular complexity index is 737. The summed E-state index contributed by atoms with van der Waals surface area (Å²) in [5.74, 6) is 1.58. The second-order valence-corrected chi connectivity index (χ2v) is 4.40. The van der Waals surface area contributed by atoms with Crippen LogP contribution in [0.4, 0.5) is 0 Å². The van der Waals surface area contributed by atoms with Crippen LogP contribution in [0.3, 0.4) is 0 Å². The van der Waals surface area contributed by atoms with Crippen molar-refractivity contribution in [1.82, 2.24) is 14.5 Å². The maximum absolute atomic E-state index is 5.42. The zero-order chi connectivity index (χ0) is 13.9. The van der Waals surface area contributed by atoms with Crippen molar-refractivity contribution in [3.05, 3.63) is 48.4 Å². The zero-order valence-electron chi connectivity index (χ0n) is 11.4. The first-order valence-corrected chi connectivity index (χ1v) is 6.28. The summed E-state index contributed by atoms with van der Waals surface area (Å²) in [5, 5.41) is 0. The summed E-state index contributed by atoms with van der Waals surface area (Å²) < 4.78 is 12.7. The van der Waals surface area contributed by atoms with Crippen molar-refractivity contribution < 1.29 is 9.47 Å². The summed E-state index contributed by atoms with van der Waals surface area (Å²) >= 11 is 0. The van der Waals surface area contributed by atoms with Gasteiger partial charge in [-0.3, -0.25) is 0 Å². The van der Waals surface area contributed by atoms with E-state index in [9.17, 15) is 0 Å². The molecule has 5 heteroatoms. The fraction of sp³-hybridized carbons (Fsp3) is 0.200. The first-order valence-electron chi connectivity index (χ1n) is 6.28. The van der Waals surface area contributed by atoms with Crippen LogP contribution >= 0.6 is 0 Å². The Balaban J connectivity index is 1.98. The number of nitrogens with zero attached hydrogens (tertiary/aromatic N) is 3. The molecule has 0 aliphatic rings. The van der Waals surface area contributed by atoms with Crippen LogP contribution in [0.1, 0.15) is 5.56 Å². The average Bonchev–Trinajstić information content (AvgIpc) is 2.91. The fourth-order valence-electron chi connectivity index (χ4n) is 2.19. The Hall–Kier alpha value is -2.56. The molecule has 20 heavy (non-hydrogen) atoms. The van der Waals surface area contributed by atoms with Crippen molar-refractivity contribution in [2.24, 2.45) is 0 Å². The number of aromatic nitrogens is 3. The van der Waals surface area contributed by atoms with E-state index in [1.165, 1.54) is 0 Å². The van der Waals surface area contributed by atoms with E-state index in [4.69, 9.17) is 9.47 Å². The Kier molecular flexibility index (Phi) is 3.25. The molecule has 0 N–H and O–H groups in total. The van der Waals surface area contributed by atoms with Crippen molar-refractivity contribution in [3.63, 3.8) is 0 Å². The normalized spacial score (nSPS) is 10.7. The van der Waals surface area contributed by atoms with Gasteiger partial charge >= 0.3 is 0 Å². The highest BCUT2D eigenvalue weighted by atomic mass is 16.5. The molecule has 102 valence electrons. The number of methoxy groups -OCH3 is 2. The number of benzene rings is 1. The molecular formula is C15H15N3O2. The minimum atomic E-state index is 0.676. The third-order valence-electron chi connectivity index (χ3n) is 3.23. The summed E-state index contributed by atoms with van der Waals surface area (Å²) in [7, 11) is 3.30. The predicted octanol–water partition coefficient (Wildman–Crippen LogP) is 2.50. The van der Waals surface area contributed by atoms with Crippen molar-refractivity contribution in [1.29, 1.82) is 0 Å². The lowest BCUT2D eigenvalue weighted by molar-refractivity contribution is 0.390. The van der Waals surface area contributed by atoms with Gasteiger partial charge in [0.05, 0.1) is 32.6 Å². The fourth-order valence-corrected chi connectivity index (χ4v) is 2.19. The van der Waals surface area contributed by atoms with Gasteiger partial charge in [-0.05, 0) is 24.3 Å². The Morgan fingerprint density at radius 3 is 2.80 bits per heavy atom. The molecule has 0 amide bonds. The minimum Gasteiger partial charge on any atom is -0.497 e. The number of hydrogen-bond acceptors (Lipinski definition) is 4. The first-order chi connectivity index (χ1) is 9.81. The van der Waals surface area contributed by atoms with Gasteiger partial charge in [0.1, 0.15) is 11.5 Å². The lowest BCUT2D eigenvalue weighted by Crippen LogP contribution is -2.01. The Morgan fingerprint density at radius 2 is 2.00 bits per heavy atom. The lowest BCUT2D eigenvalue weighted by Gasteiger charge is -2.11. The average molecular weight is 269 g/mol. The Labute approximate surface area is 116 Å². The molecule has 0 spiro atoms. The molecule has 0 atom stereocenters. The van der Waals surface area contributed by atoms with Crippen LogP contribution in [0.25, 0.3) is 11.2 Å². The van der Waals surface area contributed by atoms with Crippen LogP contribution in [0.15, 0.2) is 42.9 Å². The largest absolute Gasteiger partial charge is 0.497 e. The molecule has 0 fully saturated rings. The zero-order valence-corrected chi connectivity index (χ0v) is 11.4. The highest BCUT2D eigenvalue weighted by molar-refractivity contribution is 5.70. The molecule has 1 aromatic carbocycles. The molecule has 3 rings (SSSR count). The molecule has 0 radical (unpaired) electrons. The number of pyridine rings is 1. The third-order valence-corrected chi connectivity index (χ3v) is 3.23. The molecular weight excluding hydrogens is 254 g/mol. The Morgan fingerprint density at radius 1 is 1.10 bits per heavy atom. The van der Waals surface area contributed by atoms with Crippen molar-refractivity contribution in [2.75, 3.05) is 14.2 Å². The maximum atomic E-state index is 5.42. The van der Waals surface area contributed by atoms with E-state index in [-0.39, 0.29) is 0 Å². The second kappa shape index (κ2) is 5.21. The molecule has 2 aromatic heterocycles. The van der Waals surface area contributed by atoms with E-state index in [0.717, 1.165) is 28.2 Å². The van der Waals surface area contributed by atoms with Gasteiger partial charge in [-0.2, -0.15) is 0 Å². The number of imidazole rings is 1. The topological polar surface area (TPSA) is 49.2 Å². The maximum Gasteiger partial charge on any atom is 0.177 e. The van der Waals surface area contributed by atoms with Gasteiger partial charge in [0, 0.05) is 17.8 Å². The van der Waals surface area contributed by atoms with Gasteiger partial charge in [0.15, 0.2) is 5.65 Å².